The van der Waals surface area contributed by atoms with E-state index in [-0.39, 0.29) is 0 Å². The molecule has 0 bridgehead atoms. The summed E-state index contributed by atoms with van der Waals surface area (Å²) in [4.78, 5) is 18.4. The number of rotatable bonds is 9. The maximum absolute atomic E-state index is 5.67. The van der Waals surface area contributed by atoms with Crippen LogP contribution in [0.25, 0.3) is 11.3 Å². The number of aromatic nitrogens is 3. The maximum Gasteiger partial charge on any atom is 0.227 e. The molecule has 4 rings (SSSR count). The second kappa shape index (κ2) is 11.0. The fraction of sp³-hybridized carbons (Fsp3) is 0.375. The summed E-state index contributed by atoms with van der Waals surface area (Å²) >= 11 is 0. The molecule has 1 saturated heterocycles. The first-order chi connectivity index (χ1) is 16.6. The van der Waals surface area contributed by atoms with Gasteiger partial charge in [0, 0.05) is 75.0 Å². The summed E-state index contributed by atoms with van der Waals surface area (Å²) in [6.07, 6.45) is 3.57. The zero-order chi connectivity index (χ0) is 23.9. The second-order valence-corrected chi connectivity index (χ2v) is 7.83. The van der Waals surface area contributed by atoms with Crippen molar-refractivity contribution in [1.29, 1.82) is 0 Å². The first kappa shape index (κ1) is 23.5. The smallest absolute Gasteiger partial charge is 0.227 e. The fourth-order valence-electron chi connectivity index (χ4n) is 3.97. The summed E-state index contributed by atoms with van der Waals surface area (Å²) in [5, 5.41) is 3.21. The molecule has 0 spiro atoms. The van der Waals surface area contributed by atoms with E-state index in [0.717, 1.165) is 49.8 Å². The minimum Gasteiger partial charge on any atom is -0.493 e. The van der Waals surface area contributed by atoms with Gasteiger partial charge in [0.2, 0.25) is 11.7 Å². The molecule has 1 fully saturated rings. The van der Waals surface area contributed by atoms with Gasteiger partial charge in [-0.25, -0.2) is 15.0 Å². The van der Waals surface area contributed by atoms with Crippen LogP contribution >= 0.6 is 0 Å². The molecule has 3 aromatic rings. The molecule has 1 aromatic carbocycles. The minimum atomic E-state index is 0.451. The molecule has 0 saturated carbocycles. The molecule has 0 atom stereocenters. The van der Waals surface area contributed by atoms with Gasteiger partial charge in [0.05, 0.1) is 27.0 Å². The Morgan fingerprint density at radius 1 is 0.941 bits per heavy atom. The topological polar surface area (TPSA) is 111 Å². The SMILES string of the molecule is COc1cc(Nc2nccc(-c3ccc(N4CCN(CCN)CC4)nc3)n2)cc(OC)c1OC. The zero-order valence-corrected chi connectivity index (χ0v) is 19.8. The molecule has 3 heterocycles. The quantitative estimate of drug-likeness (QED) is 0.489. The summed E-state index contributed by atoms with van der Waals surface area (Å²) < 4.78 is 16.2. The van der Waals surface area contributed by atoms with Gasteiger partial charge in [0.15, 0.2) is 11.5 Å². The Hall–Kier alpha value is -3.63. The standard InChI is InChI=1S/C24H31N7O3/c1-32-20-14-18(15-21(33-2)23(20)34-3)28-24-26-8-6-19(29-24)17-4-5-22(27-16-17)31-12-10-30(9-7-25)11-13-31/h4-6,8,14-16H,7,9-13,25H2,1-3H3,(H,26,28,29). The Bertz CT molecular complexity index is 1060. The number of methoxy groups -OCH3 is 3. The van der Waals surface area contributed by atoms with E-state index < -0.39 is 0 Å². The highest BCUT2D eigenvalue weighted by molar-refractivity contribution is 5.67. The number of hydrogen-bond acceptors (Lipinski definition) is 10. The molecule has 180 valence electrons. The first-order valence-electron chi connectivity index (χ1n) is 11.2. The lowest BCUT2D eigenvalue weighted by Crippen LogP contribution is -2.48. The van der Waals surface area contributed by atoms with Crippen LogP contribution in [0.5, 0.6) is 17.2 Å². The predicted molar refractivity (Wildman–Crippen MR) is 132 cm³/mol. The molecule has 0 unspecified atom stereocenters. The van der Waals surface area contributed by atoms with E-state index in [1.807, 2.05) is 24.4 Å². The van der Waals surface area contributed by atoms with Gasteiger partial charge in [-0.2, -0.15) is 0 Å². The van der Waals surface area contributed by atoms with Crippen LogP contribution < -0.4 is 30.2 Å². The number of pyridine rings is 1. The summed E-state index contributed by atoms with van der Waals surface area (Å²) in [5.74, 6) is 3.04. The molecule has 1 aliphatic rings. The molecule has 0 amide bonds. The van der Waals surface area contributed by atoms with Crippen molar-refractivity contribution in [3.05, 3.63) is 42.7 Å². The largest absolute Gasteiger partial charge is 0.493 e. The van der Waals surface area contributed by atoms with Gasteiger partial charge in [-0.15, -0.1) is 0 Å². The van der Waals surface area contributed by atoms with E-state index >= 15 is 0 Å². The molecule has 0 aliphatic carbocycles. The van der Waals surface area contributed by atoms with Crippen LogP contribution in [-0.2, 0) is 0 Å². The number of anilines is 3. The minimum absolute atomic E-state index is 0.451. The van der Waals surface area contributed by atoms with Gasteiger partial charge in [-0.3, -0.25) is 4.90 Å². The number of hydrogen-bond donors (Lipinski definition) is 2. The number of nitrogens with one attached hydrogen (secondary N) is 1. The predicted octanol–water partition coefficient (Wildman–Crippen LogP) is 2.39. The third-order valence-electron chi connectivity index (χ3n) is 5.76. The highest BCUT2D eigenvalue weighted by atomic mass is 16.5. The van der Waals surface area contributed by atoms with Crippen molar-refractivity contribution in [1.82, 2.24) is 19.9 Å². The Labute approximate surface area is 199 Å². The van der Waals surface area contributed by atoms with Crippen LogP contribution in [-0.4, -0.2) is 80.4 Å². The number of benzene rings is 1. The van der Waals surface area contributed by atoms with Crippen molar-refractivity contribution < 1.29 is 14.2 Å². The summed E-state index contributed by atoms with van der Waals surface area (Å²) in [6.45, 7) is 5.54. The third-order valence-corrected chi connectivity index (χ3v) is 5.76. The van der Waals surface area contributed by atoms with Crippen molar-refractivity contribution in [3.63, 3.8) is 0 Å². The molecular weight excluding hydrogens is 434 g/mol. The molecule has 1 aliphatic heterocycles. The van der Waals surface area contributed by atoms with E-state index in [1.54, 1.807) is 39.7 Å². The van der Waals surface area contributed by atoms with E-state index in [0.29, 0.717) is 35.4 Å². The van der Waals surface area contributed by atoms with Crippen LogP contribution in [0.4, 0.5) is 17.5 Å². The second-order valence-electron chi connectivity index (χ2n) is 7.83. The van der Waals surface area contributed by atoms with Gasteiger partial charge in [0.25, 0.3) is 0 Å². The number of nitrogens with zero attached hydrogens (tertiary/aromatic N) is 5. The van der Waals surface area contributed by atoms with Gasteiger partial charge in [-0.1, -0.05) is 0 Å². The maximum atomic E-state index is 5.67. The monoisotopic (exact) mass is 465 g/mol. The molecule has 10 heteroatoms. The Balaban J connectivity index is 1.48. The molecule has 0 radical (unpaired) electrons. The Morgan fingerprint density at radius 3 is 2.26 bits per heavy atom. The van der Waals surface area contributed by atoms with Gasteiger partial charge < -0.3 is 30.2 Å². The van der Waals surface area contributed by atoms with Crippen LogP contribution in [0.2, 0.25) is 0 Å². The number of piperazine rings is 1. The molecule has 10 nitrogen and oxygen atoms in total. The van der Waals surface area contributed by atoms with Crippen LogP contribution in [0, 0.1) is 0 Å². The normalized spacial score (nSPS) is 14.1. The van der Waals surface area contributed by atoms with Crippen molar-refractivity contribution in [3.8, 4) is 28.5 Å². The first-order valence-corrected chi connectivity index (χ1v) is 11.2. The third kappa shape index (κ3) is 5.29. The highest BCUT2D eigenvalue weighted by Crippen LogP contribution is 2.40. The molecule has 3 N–H and O–H groups in total. The van der Waals surface area contributed by atoms with E-state index in [1.165, 1.54) is 0 Å². The van der Waals surface area contributed by atoms with Crippen molar-refractivity contribution in [2.75, 3.05) is 70.8 Å². The van der Waals surface area contributed by atoms with Gasteiger partial charge in [0.1, 0.15) is 5.82 Å². The fourth-order valence-corrected chi connectivity index (χ4v) is 3.97. The molecular formula is C24H31N7O3. The Kier molecular flexibility index (Phi) is 7.61. The lowest BCUT2D eigenvalue weighted by molar-refractivity contribution is 0.264. The summed E-state index contributed by atoms with van der Waals surface area (Å²) in [6, 6.07) is 9.56. The lowest BCUT2D eigenvalue weighted by Gasteiger charge is -2.35. The van der Waals surface area contributed by atoms with Crippen molar-refractivity contribution in [2.45, 2.75) is 0 Å². The highest BCUT2D eigenvalue weighted by Gasteiger charge is 2.18. The van der Waals surface area contributed by atoms with Crippen LogP contribution in [0.3, 0.4) is 0 Å². The van der Waals surface area contributed by atoms with Crippen LogP contribution in [0.1, 0.15) is 0 Å². The zero-order valence-electron chi connectivity index (χ0n) is 19.8. The lowest BCUT2D eigenvalue weighted by atomic mass is 10.2. The van der Waals surface area contributed by atoms with E-state index in [9.17, 15) is 0 Å². The van der Waals surface area contributed by atoms with Gasteiger partial charge in [-0.05, 0) is 18.2 Å². The summed E-state index contributed by atoms with van der Waals surface area (Å²) in [7, 11) is 4.73. The number of nitrogens with two attached hydrogens (primary N) is 1. The Morgan fingerprint density at radius 2 is 1.68 bits per heavy atom. The van der Waals surface area contributed by atoms with Crippen molar-refractivity contribution >= 4 is 17.5 Å². The van der Waals surface area contributed by atoms with E-state index in [2.05, 4.69) is 30.1 Å². The van der Waals surface area contributed by atoms with Crippen LogP contribution in [0.15, 0.2) is 42.7 Å². The molecule has 34 heavy (non-hydrogen) atoms. The van der Waals surface area contributed by atoms with Gasteiger partial charge >= 0.3 is 0 Å². The average molecular weight is 466 g/mol. The number of ether oxygens (including phenoxy) is 3. The average Bonchev–Trinajstić information content (AvgIpc) is 2.89. The molecule has 2 aromatic heterocycles. The van der Waals surface area contributed by atoms with E-state index in [4.69, 9.17) is 19.9 Å². The summed E-state index contributed by atoms with van der Waals surface area (Å²) in [5.41, 5.74) is 8.08. The van der Waals surface area contributed by atoms with Crippen molar-refractivity contribution in [2.24, 2.45) is 5.73 Å².